The number of carbonyl (C=O) groups excluding carboxylic acids is 2. The molecule has 2 rings (SSSR count). The van der Waals surface area contributed by atoms with Crippen molar-refractivity contribution in [1.29, 1.82) is 5.26 Å². The minimum atomic E-state index is -0.404. The molecule has 0 unspecified atom stereocenters. The Morgan fingerprint density at radius 2 is 1.73 bits per heavy atom. The third-order valence-corrected chi connectivity index (χ3v) is 2.92. The van der Waals surface area contributed by atoms with Crippen LogP contribution in [0.3, 0.4) is 0 Å². The number of benzene rings is 2. The number of aryl methyl sites for hydroxylation is 1. The van der Waals surface area contributed by atoms with Gasteiger partial charge in [-0.25, -0.2) is 0 Å². The van der Waals surface area contributed by atoms with E-state index in [2.05, 4.69) is 10.6 Å². The van der Waals surface area contributed by atoms with Gasteiger partial charge in [0, 0.05) is 16.9 Å². The van der Waals surface area contributed by atoms with Gasteiger partial charge in [-0.2, -0.15) is 5.26 Å². The molecule has 5 nitrogen and oxygen atoms in total. The van der Waals surface area contributed by atoms with Crippen molar-refractivity contribution in [1.82, 2.24) is 0 Å². The van der Waals surface area contributed by atoms with Gasteiger partial charge in [0.25, 0.3) is 5.91 Å². The molecule has 2 aromatic rings. The van der Waals surface area contributed by atoms with Crippen LogP contribution >= 0.6 is 0 Å². The monoisotopic (exact) mass is 293 g/mol. The van der Waals surface area contributed by atoms with E-state index in [4.69, 9.17) is 5.26 Å². The highest BCUT2D eigenvalue weighted by molar-refractivity contribution is 6.05. The predicted octanol–water partition coefficient (Wildman–Crippen LogP) is 3.10. The lowest BCUT2D eigenvalue weighted by atomic mass is 10.1. The van der Waals surface area contributed by atoms with E-state index in [1.165, 1.54) is 0 Å². The molecular weight excluding hydrogens is 278 g/mol. The second kappa shape index (κ2) is 7.04. The molecule has 0 aliphatic carbocycles. The van der Waals surface area contributed by atoms with E-state index in [-0.39, 0.29) is 12.3 Å². The van der Waals surface area contributed by atoms with Crippen molar-refractivity contribution in [2.75, 3.05) is 10.6 Å². The maximum absolute atomic E-state index is 12.2. The van der Waals surface area contributed by atoms with Crippen molar-refractivity contribution in [3.8, 4) is 6.07 Å². The molecule has 110 valence electrons. The smallest absolute Gasteiger partial charge is 0.255 e. The van der Waals surface area contributed by atoms with Gasteiger partial charge in [-0.05, 0) is 42.8 Å². The van der Waals surface area contributed by atoms with Crippen molar-refractivity contribution in [2.24, 2.45) is 0 Å². The lowest BCUT2D eigenvalue weighted by Crippen LogP contribution is -2.14. The van der Waals surface area contributed by atoms with Gasteiger partial charge >= 0.3 is 0 Å². The molecule has 2 aromatic carbocycles. The van der Waals surface area contributed by atoms with Crippen LogP contribution in [0.15, 0.2) is 48.5 Å². The van der Waals surface area contributed by atoms with Gasteiger partial charge in [-0.3, -0.25) is 9.59 Å². The second-order valence-corrected chi connectivity index (χ2v) is 4.79. The molecule has 0 aliphatic heterocycles. The molecule has 2 amide bonds. The molecule has 0 radical (unpaired) electrons. The number of nitrogens with one attached hydrogen (secondary N) is 2. The summed E-state index contributed by atoms with van der Waals surface area (Å²) in [6.07, 6.45) is -0.223. The van der Waals surface area contributed by atoms with E-state index in [1.54, 1.807) is 30.3 Å². The first-order chi connectivity index (χ1) is 10.6. The van der Waals surface area contributed by atoms with E-state index >= 15 is 0 Å². The van der Waals surface area contributed by atoms with Gasteiger partial charge in [0.2, 0.25) is 5.91 Å². The van der Waals surface area contributed by atoms with Gasteiger partial charge in [0.15, 0.2) is 0 Å². The summed E-state index contributed by atoms with van der Waals surface area (Å²) in [6, 6.07) is 15.8. The number of nitriles is 1. The summed E-state index contributed by atoms with van der Waals surface area (Å²) in [5.41, 5.74) is 2.67. The summed E-state index contributed by atoms with van der Waals surface area (Å²) < 4.78 is 0. The molecule has 22 heavy (non-hydrogen) atoms. The van der Waals surface area contributed by atoms with Gasteiger partial charge in [0.1, 0.15) is 6.42 Å². The Bertz CT molecular complexity index is 748. The first-order valence-electron chi connectivity index (χ1n) is 6.73. The fraction of sp³-hybridized carbons (Fsp3) is 0.118. The summed E-state index contributed by atoms with van der Waals surface area (Å²) >= 11 is 0. The van der Waals surface area contributed by atoms with Crippen LogP contribution in [0.4, 0.5) is 11.4 Å². The van der Waals surface area contributed by atoms with Crippen molar-refractivity contribution in [3.05, 3.63) is 59.7 Å². The van der Waals surface area contributed by atoms with E-state index in [0.29, 0.717) is 16.9 Å². The van der Waals surface area contributed by atoms with Crippen LogP contribution in [0, 0.1) is 18.3 Å². The minimum absolute atomic E-state index is 0.223. The topological polar surface area (TPSA) is 82.0 Å². The number of nitrogens with zero attached hydrogens (tertiary/aromatic N) is 1. The SMILES string of the molecule is Cc1cccc(NC(=O)c2cccc(NC(=O)CC#N)c2)c1. The van der Waals surface area contributed by atoms with E-state index in [1.807, 2.05) is 31.2 Å². The van der Waals surface area contributed by atoms with Crippen LogP contribution in [0.25, 0.3) is 0 Å². The number of hydrogen-bond donors (Lipinski definition) is 2. The number of hydrogen-bond acceptors (Lipinski definition) is 3. The van der Waals surface area contributed by atoms with Crippen LogP contribution in [0.2, 0.25) is 0 Å². The Morgan fingerprint density at radius 1 is 1.05 bits per heavy atom. The van der Waals surface area contributed by atoms with Crippen molar-refractivity contribution < 1.29 is 9.59 Å². The third kappa shape index (κ3) is 4.18. The average Bonchev–Trinajstić information content (AvgIpc) is 2.47. The second-order valence-electron chi connectivity index (χ2n) is 4.79. The summed E-state index contributed by atoms with van der Waals surface area (Å²) in [5.74, 6) is -0.666. The fourth-order valence-electron chi connectivity index (χ4n) is 1.94. The molecule has 2 N–H and O–H groups in total. The molecule has 5 heteroatoms. The Morgan fingerprint density at radius 3 is 2.41 bits per heavy atom. The van der Waals surface area contributed by atoms with Crippen LogP contribution < -0.4 is 10.6 Å². The highest BCUT2D eigenvalue weighted by Gasteiger charge is 2.08. The van der Waals surface area contributed by atoms with Gasteiger partial charge < -0.3 is 10.6 Å². The molecule has 0 saturated carbocycles. The number of rotatable bonds is 4. The highest BCUT2D eigenvalue weighted by Crippen LogP contribution is 2.14. The van der Waals surface area contributed by atoms with Crippen LogP contribution in [-0.2, 0) is 4.79 Å². The van der Waals surface area contributed by atoms with Gasteiger partial charge in [-0.1, -0.05) is 18.2 Å². The highest BCUT2D eigenvalue weighted by atomic mass is 16.2. The Balaban J connectivity index is 2.10. The first-order valence-corrected chi connectivity index (χ1v) is 6.73. The number of anilines is 2. The zero-order valence-electron chi connectivity index (χ0n) is 12.1. The molecule has 0 bridgehead atoms. The molecule has 0 aliphatic rings. The maximum Gasteiger partial charge on any atom is 0.255 e. The quantitative estimate of drug-likeness (QED) is 0.908. The summed E-state index contributed by atoms with van der Waals surface area (Å²) in [5, 5.41) is 13.8. The Kier molecular flexibility index (Phi) is 4.89. The molecule has 0 fully saturated rings. The maximum atomic E-state index is 12.2. The van der Waals surface area contributed by atoms with Crippen molar-refractivity contribution >= 4 is 23.2 Å². The zero-order chi connectivity index (χ0) is 15.9. The fourth-order valence-corrected chi connectivity index (χ4v) is 1.94. The minimum Gasteiger partial charge on any atom is -0.325 e. The lowest BCUT2D eigenvalue weighted by Gasteiger charge is -2.08. The summed E-state index contributed by atoms with van der Waals surface area (Å²) in [7, 11) is 0. The van der Waals surface area contributed by atoms with Crippen LogP contribution in [0.5, 0.6) is 0 Å². The summed E-state index contributed by atoms with van der Waals surface area (Å²) in [4.78, 5) is 23.6. The third-order valence-electron chi connectivity index (χ3n) is 2.92. The first kappa shape index (κ1) is 15.3. The Labute approximate surface area is 128 Å². The largest absolute Gasteiger partial charge is 0.325 e. The standard InChI is InChI=1S/C17H15N3O2/c1-12-4-2-6-14(10-12)20-17(22)13-5-3-7-15(11-13)19-16(21)8-9-18/h2-7,10-11H,8H2,1H3,(H,19,21)(H,20,22). The van der Waals surface area contributed by atoms with E-state index in [9.17, 15) is 9.59 Å². The van der Waals surface area contributed by atoms with Crippen molar-refractivity contribution in [3.63, 3.8) is 0 Å². The van der Waals surface area contributed by atoms with Gasteiger partial charge in [-0.15, -0.1) is 0 Å². The molecule has 0 atom stereocenters. The molecule has 0 heterocycles. The van der Waals surface area contributed by atoms with Gasteiger partial charge in [0.05, 0.1) is 6.07 Å². The van der Waals surface area contributed by atoms with Crippen molar-refractivity contribution in [2.45, 2.75) is 13.3 Å². The average molecular weight is 293 g/mol. The zero-order valence-corrected chi connectivity index (χ0v) is 12.1. The lowest BCUT2D eigenvalue weighted by molar-refractivity contribution is -0.115. The number of carbonyl (C=O) groups is 2. The number of amides is 2. The Hall–Kier alpha value is -3.13. The van der Waals surface area contributed by atoms with Crippen LogP contribution in [-0.4, -0.2) is 11.8 Å². The molecule has 0 aromatic heterocycles. The summed E-state index contributed by atoms with van der Waals surface area (Å²) in [6.45, 7) is 1.95. The predicted molar refractivity (Wildman–Crippen MR) is 84.4 cm³/mol. The molecule has 0 saturated heterocycles. The molecule has 0 spiro atoms. The van der Waals surface area contributed by atoms with E-state index in [0.717, 1.165) is 5.56 Å². The van der Waals surface area contributed by atoms with Crippen LogP contribution in [0.1, 0.15) is 22.3 Å². The molecular formula is C17H15N3O2. The van der Waals surface area contributed by atoms with E-state index < -0.39 is 5.91 Å². The normalized spacial score (nSPS) is 9.64.